The molecule has 1 saturated heterocycles. The summed E-state index contributed by atoms with van der Waals surface area (Å²) in [6.45, 7) is 4.10. The lowest BCUT2D eigenvalue weighted by Crippen LogP contribution is -2.31. The molecule has 1 N–H and O–H groups in total. The Labute approximate surface area is 134 Å². The first kappa shape index (κ1) is 15.4. The van der Waals surface area contributed by atoms with E-state index in [1.807, 2.05) is 6.92 Å². The molecule has 0 aliphatic carbocycles. The van der Waals surface area contributed by atoms with Crippen molar-refractivity contribution >= 4 is 11.9 Å². The maximum absolute atomic E-state index is 12.1. The number of hydrogen-bond donors (Lipinski definition) is 1. The molecule has 0 unspecified atom stereocenters. The Bertz CT molecular complexity index is 648. The van der Waals surface area contributed by atoms with Crippen molar-refractivity contribution in [2.24, 2.45) is 0 Å². The van der Waals surface area contributed by atoms with Crippen LogP contribution in [-0.4, -0.2) is 39.1 Å². The molecule has 1 aliphatic heterocycles. The highest BCUT2D eigenvalue weighted by atomic mass is 16.5. The van der Waals surface area contributed by atoms with Gasteiger partial charge in [-0.25, -0.2) is 9.97 Å². The van der Waals surface area contributed by atoms with Gasteiger partial charge in [0.2, 0.25) is 11.8 Å². The first-order valence-electron chi connectivity index (χ1n) is 7.93. The Balaban J connectivity index is 1.56. The molecule has 0 atom stereocenters. The molecule has 0 radical (unpaired) electrons. The number of nitrogens with one attached hydrogen (secondary N) is 1. The average Bonchev–Trinajstić information content (AvgIpc) is 3.09. The maximum atomic E-state index is 12.1. The topological polar surface area (TPSA) is 97.0 Å². The Morgan fingerprint density at radius 2 is 2.00 bits per heavy atom. The van der Waals surface area contributed by atoms with E-state index in [0.717, 1.165) is 25.9 Å². The zero-order chi connectivity index (χ0) is 16.1. The predicted molar refractivity (Wildman–Crippen MR) is 82.9 cm³/mol. The largest absolute Gasteiger partial charge is 0.345 e. The zero-order valence-electron chi connectivity index (χ0n) is 13.2. The number of aryl methyl sites for hydroxylation is 1. The van der Waals surface area contributed by atoms with Gasteiger partial charge in [-0.2, -0.15) is 4.98 Å². The van der Waals surface area contributed by atoms with E-state index in [1.54, 1.807) is 12.4 Å². The minimum atomic E-state index is -0.252. The van der Waals surface area contributed by atoms with Gasteiger partial charge in [-0.15, -0.1) is 0 Å². The number of nitrogens with zero attached hydrogens (tertiary/aromatic N) is 5. The monoisotopic (exact) mass is 316 g/mol. The lowest BCUT2D eigenvalue weighted by Gasteiger charge is -2.26. The van der Waals surface area contributed by atoms with Crippen molar-refractivity contribution in [1.82, 2.24) is 25.4 Å². The molecule has 23 heavy (non-hydrogen) atoms. The van der Waals surface area contributed by atoms with Crippen molar-refractivity contribution in [3.05, 3.63) is 29.7 Å². The number of hydrogen-bond acceptors (Lipinski definition) is 7. The van der Waals surface area contributed by atoms with E-state index in [-0.39, 0.29) is 12.5 Å². The summed E-state index contributed by atoms with van der Waals surface area (Å²) in [5, 5.41) is 6.52. The highest BCUT2D eigenvalue weighted by Gasteiger charge is 2.15. The van der Waals surface area contributed by atoms with Gasteiger partial charge in [0.25, 0.3) is 5.91 Å². The fraction of sp³-hybridized carbons (Fsp3) is 0.533. The smallest absolute Gasteiger partial charge is 0.254 e. The average molecular weight is 316 g/mol. The van der Waals surface area contributed by atoms with Crippen molar-refractivity contribution in [2.75, 3.05) is 18.0 Å². The molecule has 2 aromatic rings. The van der Waals surface area contributed by atoms with E-state index < -0.39 is 0 Å². The highest BCUT2D eigenvalue weighted by molar-refractivity contribution is 5.93. The number of carbonyl (C=O) groups excluding carboxylic acids is 1. The van der Waals surface area contributed by atoms with E-state index in [2.05, 4.69) is 30.3 Å². The van der Waals surface area contributed by atoms with Gasteiger partial charge in [0, 0.05) is 31.9 Å². The predicted octanol–water partition coefficient (Wildman–Crippen LogP) is 1.34. The number of aromatic nitrogens is 4. The molecule has 1 amide bonds. The van der Waals surface area contributed by atoms with Gasteiger partial charge in [-0.3, -0.25) is 4.79 Å². The van der Waals surface area contributed by atoms with Gasteiger partial charge in [-0.1, -0.05) is 12.1 Å². The third-order valence-electron chi connectivity index (χ3n) is 3.76. The van der Waals surface area contributed by atoms with E-state index in [9.17, 15) is 4.79 Å². The second kappa shape index (κ2) is 7.17. The van der Waals surface area contributed by atoms with Crippen LogP contribution in [0.15, 0.2) is 16.9 Å². The van der Waals surface area contributed by atoms with Crippen LogP contribution in [0.25, 0.3) is 0 Å². The van der Waals surface area contributed by atoms with Crippen LogP contribution >= 0.6 is 0 Å². The highest BCUT2D eigenvalue weighted by Crippen LogP contribution is 2.14. The molecule has 3 rings (SSSR count). The summed E-state index contributed by atoms with van der Waals surface area (Å²) < 4.78 is 4.99. The fourth-order valence-electron chi connectivity index (χ4n) is 2.46. The summed E-state index contributed by atoms with van der Waals surface area (Å²) >= 11 is 0. The summed E-state index contributed by atoms with van der Waals surface area (Å²) in [6, 6.07) is 0. The molecule has 1 fully saturated rings. The van der Waals surface area contributed by atoms with Crippen molar-refractivity contribution in [3.8, 4) is 0 Å². The van der Waals surface area contributed by atoms with Crippen molar-refractivity contribution in [3.63, 3.8) is 0 Å². The molecular formula is C15H20N6O2. The molecule has 0 saturated carbocycles. The van der Waals surface area contributed by atoms with E-state index in [1.165, 1.54) is 6.42 Å². The van der Waals surface area contributed by atoms with Crippen LogP contribution in [0, 0.1) is 0 Å². The number of rotatable bonds is 5. The van der Waals surface area contributed by atoms with Gasteiger partial charge >= 0.3 is 0 Å². The van der Waals surface area contributed by atoms with Gasteiger partial charge in [-0.05, 0) is 19.3 Å². The summed E-state index contributed by atoms with van der Waals surface area (Å²) in [7, 11) is 0. The molecule has 1 aliphatic rings. The summed E-state index contributed by atoms with van der Waals surface area (Å²) in [4.78, 5) is 27.0. The minimum absolute atomic E-state index is 0.218. The van der Waals surface area contributed by atoms with Gasteiger partial charge in [0.1, 0.15) is 0 Å². The number of anilines is 1. The van der Waals surface area contributed by atoms with E-state index >= 15 is 0 Å². The van der Waals surface area contributed by atoms with Crippen LogP contribution < -0.4 is 10.2 Å². The normalized spacial score (nSPS) is 14.7. The van der Waals surface area contributed by atoms with Crippen LogP contribution in [-0.2, 0) is 13.0 Å². The maximum Gasteiger partial charge on any atom is 0.254 e. The van der Waals surface area contributed by atoms with Gasteiger partial charge in [0.05, 0.1) is 12.1 Å². The Hall–Kier alpha value is -2.51. The van der Waals surface area contributed by atoms with Gasteiger partial charge < -0.3 is 14.7 Å². The van der Waals surface area contributed by atoms with Crippen molar-refractivity contribution < 1.29 is 9.32 Å². The molecule has 0 aromatic carbocycles. The molecule has 3 heterocycles. The molecule has 0 bridgehead atoms. The fourth-order valence-corrected chi connectivity index (χ4v) is 2.46. The Morgan fingerprint density at radius 1 is 1.26 bits per heavy atom. The van der Waals surface area contributed by atoms with Crippen molar-refractivity contribution in [2.45, 2.75) is 39.2 Å². The molecule has 8 nitrogen and oxygen atoms in total. The van der Waals surface area contributed by atoms with E-state index in [4.69, 9.17) is 4.52 Å². The lowest BCUT2D eigenvalue weighted by molar-refractivity contribution is 0.0949. The molecule has 2 aromatic heterocycles. The zero-order valence-corrected chi connectivity index (χ0v) is 13.2. The quantitative estimate of drug-likeness (QED) is 0.889. The SMILES string of the molecule is CCc1nc(CNC(=O)c2cnc(N3CCCCC3)nc2)no1. The molecular weight excluding hydrogens is 296 g/mol. The lowest BCUT2D eigenvalue weighted by atomic mass is 10.1. The summed E-state index contributed by atoms with van der Waals surface area (Å²) in [5.41, 5.74) is 0.421. The molecule has 8 heteroatoms. The minimum Gasteiger partial charge on any atom is -0.345 e. The van der Waals surface area contributed by atoms with Crippen LogP contribution in [0.1, 0.15) is 48.3 Å². The van der Waals surface area contributed by atoms with Crippen LogP contribution in [0.2, 0.25) is 0 Å². The summed E-state index contributed by atoms with van der Waals surface area (Å²) in [6.07, 6.45) is 7.37. The molecule has 0 spiro atoms. The van der Waals surface area contributed by atoms with Crippen LogP contribution in [0.4, 0.5) is 5.95 Å². The third-order valence-corrected chi connectivity index (χ3v) is 3.76. The first-order valence-corrected chi connectivity index (χ1v) is 7.93. The third kappa shape index (κ3) is 3.82. The first-order chi connectivity index (χ1) is 11.3. The molecule has 122 valence electrons. The van der Waals surface area contributed by atoms with Crippen molar-refractivity contribution in [1.29, 1.82) is 0 Å². The Kier molecular flexibility index (Phi) is 4.80. The van der Waals surface area contributed by atoms with Crippen LogP contribution in [0.5, 0.6) is 0 Å². The summed E-state index contributed by atoms with van der Waals surface area (Å²) in [5.74, 6) is 1.45. The number of carbonyl (C=O) groups is 1. The van der Waals surface area contributed by atoms with E-state index in [0.29, 0.717) is 29.6 Å². The standard InChI is InChI=1S/C15H20N6O2/c1-2-13-19-12(20-23-13)10-16-14(22)11-8-17-15(18-9-11)21-6-4-3-5-7-21/h8-9H,2-7,10H2,1H3,(H,16,22). The number of amides is 1. The van der Waals surface area contributed by atoms with Gasteiger partial charge in [0.15, 0.2) is 5.82 Å². The second-order valence-electron chi connectivity index (χ2n) is 5.46. The number of piperidine rings is 1. The second-order valence-corrected chi connectivity index (χ2v) is 5.46. The van der Waals surface area contributed by atoms with Crippen LogP contribution in [0.3, 0.4) is 0 Å². The Morgan fingerprint density at radius 3 is 2.65 bits per heavy atom.